The molecular weight excluding hydrogens is 232 g/mol. The lowest BCUT2D eigenvalue weighted by Crippen LogP contribution is -2.52. The molecule has 102 valence electrons. The molecular formula is C13H22N2O3. The standard InChI is InChI=1S/C13H22N2O3/c1-2-10-6-3-4-8-14(10)13(18)15-9-5-7-11(15)12(16)17/h10-11H,2-9H2,1H3,(H,16,17)/t10?,11-/m1/s1. The smallest absolute Gasteiger partial charge is 0.326 e. The van der Waals surface area contributed by atoms with Crippen LogP contribution in [0.5, 0.6) is 0 Å². The molecule has 2 atom stereocenters. The lowest BCUT2D eigenvalue weighted by atomic mass is 10.0. The molecule has 2 aliphatic rings. The second kappa shape index (κ2) is 5.59. The van der Waals surface area contributed by atoms with Crippen LogP contribution in [0.3, 0.4) is 0 Å². The van der Waals surface area contributed by atoms with Gasteiger partial charge in [-0.2, -0.15) is 0 Å². The van der Waals surface area contributed by atoms with E-state index in [4.69, 9.17) is 5.11 Å². The second-order valence-corrected chi connectivity index (χ2v) is 5.22. The summed E-state index contributed by atoms with van der Waals surface area (Å²) in [5.41, 5.74) is 0. The Labute approximate surface area is 108 Å². The van der Waals surface area contributed by atoms with E-state index in [-0.39, 0.29) is 6.03 Å². The van der Waals surface area contributed by atoms with Gasteiger partial charge in [0, 0.05) is 19.1 Å². The Kier molecular flexibility index (Phi) is 4.09. The molecule has 1 N–H and O–H groups in total. The van der Waals surface area contributed by atoms with Crippen LogP contribution in [0.4, 0.5) is 4.79 Å². The Morgan fingerprint density at radius 1 is 1.11 bits per heavy atom. The molecule has 2 saturated heterocycles. The molecule has 0 aromatic heterocycles. The average Bonchev–Trinajstić information content (AvgIpc) is 2.87. The number of hydrogen-bond acceptors (Lipinski definition) is 2. The minimum atomic E-state index is -0.870. The molecule has 2 amide bonds. The molecule has 0 spiro atoms. The zero-order valence-corrected chi connectivity index (χ0v) is 11.0. The number of piperidine rings is 1. The number of nitrogens with zero attached hydrogens (tertiary/aromatic N) is 2. The average molecular weight is 254 g/mol. The van der Waals surface area contributed by atoms with E-state index in [2.05, 4.69) is 6.92 Å². The summed E-state index contributed by atoms with van der Waals surface area (Å²) in [7, 11) is 0. The van der Waals surface area contributed by atoms with Crippen molar-refractivity contribution in [3.05, 3.63) is 0 Å². The van der Waals surface area contributed by atoms with Crippen molar-refractivity contribution in [1.82, 2.24) is 9.80 Å². The monoisotopic (exact) mass is 254 g/mol. The molecule has 2 heterocycles. The van der Waals surface area contributed by atoms with Gasteiger partial charge in [0.2, 0.25) is 0 Å². The molecule has 5 heteroatoms. The van der Waals surface area contributed by atoms with E-state index in [0.717, 1.165) is 32.2 Å². The molecule has 1 unspecified atom stereocenters. The fraction of sp³-hybridized carbons (Fsp3) is 0.846. The zero-order chi connectivity index (χ0) is 13.1. The number of aliphatic carboxylic acids is 1. The van der Waals surface area contributed by atoms with Crippen LogP contribution in [0.15, 0.2) is 0 Å². The third-order valence-corrected chi connectivity index (χ3v) is 4.13. The summed E-state index contributed by atoms with van der Waals surface area (Å²) in [6.45, 7) is 3.46. The van der Waals surface area contributed by atoms with Gasteiger partial charge in [-0.15, -0.1) is 0 Å². The van der Waals surface area contributed by atoms with E-state index in [1.165, 1.54) is 6.42 Å². The van der Waals surface area contributed by atoms with Crippen molar-refractivity contribution in [2.45, 2.75) is 57.5 Å². The molecule has 0 aliphatic carbocycles. The number of carboxylic acids is 1. The van der Waals surface area contributed by atoms with Gasteiger partial charge in [-0.05, 0) is 38.5 Å². The van der Waals surface area contributed by atoms with Gasteiger partial charge in [0.25, 0.3) is 0 Å². The second-order valence-electron chi connectivity index (χ2n) is 5.22. The molecule has 18 heavy (non-hydrogen) atoms. The van der Waals surface area contributed by atoms with E-state index in [1.807, 2.05) is 4.90 Å². The van der Waals surface area contributed by atoms with Crippen molar-refractivity contribution in [2.24, 2.45) is 0 Å². The van der Waals surface area contributed by atoms with Crippen molar-refractivity contribution >= 4 is 12.0 Å². The number of rotatable bonds is 2. The van der Waals surface area contributed by atoms with E-state index >= 15 is 0 Å². The highest BCUT2D eigenvalue weighted by molar-refractivity contribution is 5.83. The minimum absolute atomic E-state index is 0.0635. The predicted octanol–water partition coefficient (Wildman–Crippen LogP) is 1.92. The first-order valence-electron chi connectivity index (χ1n) is 6.95. The highest BCUT2D eigenvalue weighted by Gasteiger charge is 2.38. The number of carbonyl (C=O) groups is 2. The van der Waals surface area contributed by atoms with Gasteiger partial charge in [0.15, 0.2) is 0 Å². The maximum absolute atomic E-state index is 12.5. The van der Waals surface area contributed by atoms with Crippen molar-refractivity contribution in [3.63, 3.8) is 0 Å². The Morgan fingerprint density at radius 3 is 2.50 bits per heavy atom. The topological polar surface area (TPSA) is 60.9 Å². The third-order valence-electron chi connectivity index (χ3n) is 4.13. The summed E-state index contributed by atoms with van der Waals surface area (Å²) in [6, 6.07) is -0.385. The quantitative estimate of drug-likeness (QED) is 0.819. The van der Waals surface area contributed by atoms with Crippen LogP contribution >= 0.6 is 0 Å². The van der Waals surface area contributed by atoms with Crippen LogP contribution in [-0.4, -0.2) is 52.1 Å². The molecule has 0 radical (unpaired) electrons. The van der Waals surface area contributed by atoms with Gasteiger partial charge in [0.1, 0.15) is 6.04 Å². The van der Waals surface area contributed by atoms with E-state index in [9.17, 15) is 9.59 Å². The number of likely N-dealkylation sites (tertiary alicyclic amines) is 2. The Balaban J connectivity index is 2.07. The van der Waals surface area contributed by atoms with Gasteiger partial charge in [-0.1, -0.05) is 6.92 Å². The van der Waals surface area contributed by atoms with Gasteiger partial charge >= 0.3 is 12.0 Å². The summed E-state index contributed by atoms with van der Waals surface area (Å²) in [5, 5.41) is 9.14. The molecule has 2 aliphatic heterocycles. The highest BCUT2D eigenvalue weighted by atomic mass is 16.4. The van der Waals surface area contributed by atoms with Crippen molar-refractivity contribution in [1.29, 1.82) is 0 Å². The first kappa shape index (κ1) is 13.2. The summed E-state index contributed by atoms with van der Waals surface area (Å²) >= 11 is 0. The van der Waals surface area contributed by atoms with Crippen molar-refractivity contribution in [3.8, 4) is 0 Å². The Hall–Kier alpha value is -1.26. The number of carbonyl (C=O) groups excluding carboxylic acids is 1. The lowest BCUT2D eigenvalue weighted by Gasteiger charge is -2.38. The van der Waals surface area contributed by atoms with Crippen LogP contribution in [0.2, 0.25) is 0 Å². The largest absolute Gasteiger partial charge is 0.480 e. The Bertz CT molecular complexity index is 332. The first-order chi connectivity index (χ1) is 8.65. The fourth-order valence-corrected chi connectivity index (χ4v) is 3.09. The van der Waals surface area contributed by atoms with Gasteiger partial charge in [-0.3, -0.25) is 0 Å². The molecule has 0 saturated carbocycles. The van der Waals surface area contributed by atoms with Gasteiger partial charge < -0.3 is 14.9 Å². The summed E-state index contributed by atoms with van der Waals surface area (Å²) < 4.78 is 0. The van der Waals surface area contributed by atoms with Crippen molar-refractivity contribution < 1.29 is 14.7 Å². The number of hydrogen-bond donors (Lipinski definition) is 1. The highest BCUT2D eigenvalue weighted by Crippen LogP contribution is 2.25. The van der Waals surface area contributed by atoms with Crippen LogP contribution in [-0.2, 0) is 4.79 Å². The Morgan fingerprint density at radius 2 is 1.83 bits per heavy atom. The fourth-order valence-electron chi connectivity index (χ4n) is 3.09. The van der Waals surface area contributed by atoms with Crippen LogP contribution in [0.25, 0.3) is 0 Å². The van der Waals surface area contributed by atoms with Crippen LogP contribution in [0, 0.1) is 0 Å². The normalized spacial score (nSPS) is 28.5. The lowest BCUT2D eigenvalue weighted by molar-refractivity contribution is -0.141. The number of amides is 2. The molecule has 5 nitrogen and oxygen atoms in total. The third kappa shape index (κ3) is 2.44. The van der Waals surface area contributed by atoms with Crippen LogP contribution < -0.4 is 0 Å². The number of urea groups is 1. The molecule has 2 fully saturated rings. The van der Waals surface area contributed by atoms with E-state index < -0.39 is 12.0 Å². The summed E-state index contributed by atoms with van der Waals surface area (Å²) in [6.07, 6.45) is 5.60. The zero-order valence-electron chi connectivity index (χ0n) is 11.0. The van der Waals surface area contributed by atoms with Gasteiger partial charge in [0.05, 0.1) is 0 Å². The van der Waals surface area contributed by atoms with Crippen molar-refractivity contribution in [2.75, 3.05) is 13.1 Å². The predicted molar refractivity (Wildman–Crippen MR) is 67.4 cm³/mol. The minimum Gasteiger partial charge on any atom is -0.480 e. The maximum Gasteiger partial charge on any atom is 0.326 e. The molecule has 2 rings (SSSR count). The van der Waals surface area contributed by atoms with Gasteiger partial charge in [-0.25, -0.2) is 9.59 Å². The SMILES string of the molecule is CCC1CCCCN1C(=O)N1CCC[C@@H]1C(=O)O. The van der Waals surface area contributed by atoms with Crippen LogP contribution in [0.1, 0.15) is 45.4 Å². The summed E-state index contributed by atoms with van der Waals surface area (Å²) in [4.78, 5) is 27.1. The number of carboxylic acid groups (broad SMARTS) is 1. The molecule has 0 bridgehead atoms. The van der Waals surface area contributed by atoms with E-state index in [1.54, 1.807) is 4.90 Å². The first-order valence-corrected chi connectivity index (χ1v) is 6.95. The van der Waals surface area contributed by atoms with E-state index in [0.29, 0.717) is 19.0 Å². The summed E-state index contributed by atoms with van der Waals surface area (Å²) in [5.74, 6) is -0.870. The maximum atomic E-state index is 12.5. The molecule has 0 aromatic rings. The molecule has 0 aromatic carbocycles.